The highest BCUT2D eigenvalue weighted by Crippen LogP contribution is 2.28. The molecule has 3 heterocycles. The number of nitrogens with zero attached hydrogens (tertiary/aromatic N) is 2. The Bertz CT molecular complexity index is 1120. The van der Waals surface area contributed by atoms with E-state index in [9.17, 15) is 4.79 Å². The number of amides is 1. The summed E-state index contributed by atoms with van der Waals surface area (Å²) in [5.41, 5.74) is 3.37. The number of likely N-dealkylation sites (tertiary alicyclic amines) is 1. The number of hydrogen-bond donors (Lipinski definition) is 2. The zero-order valence-corrected chi connectivity index (χ0v) is 19.9. The second-order valence-corrected chi connectivity index (χ2v) is 9.32. The molecular weight excluding hydrogens is 424 g/mol. The Labute approximate surface area is 201 Å². The molecule has 0 saturated carbocycles. The Kier molecular flexibility index (Phi) is 7.07. The molecule has 2 aromatic carbocycles. The van der Waals surface area contributed by atoms with Crippen molar-refractivity contribution in [3.8, 4) is 17.0 Å². The molecule has 2 unspecified atom stereocenters. The third-order valence-corrected chi connectivity index (χ3v) is 6.86. The average molecular weight is 459 g/mol. The van der Waals surface area contributed by atoms with Crippen molar-refractivity contribution < 1.29 is 9.53 Å². The number of hydrogen-bond acceptors (Lipinski definition) is 5. The molecule has 1 aromatic heterocycles. The molecule has 5 rings (SSSR count). The molecule has 2 atom stereocenters. The van der Waals surface area contributed by atoms with Crippen LogP contribution in [-0.2, 0) is 0 Å². The van der Waals surface area contributed by atoms with Crippen LogP contribution in [0.25, 0.3) is 22.2 Å². The summed E-state index contributed by atoms with van der Waals surface area (Å²) in [6.07, 6.45) is 5.41. The van der Waals surface area contributed by atoms with Gasteiger partial charge in [-0.1, -0.05) is 25.1 Å². The fourth-order valence-corrected chi connectivity index (χ4v) is 4.95. The minimum absolute atomic E-state index is 0.0146. The van der Waals surface area contributed by atoms with Crippen molar-refractivity contribution in [2.24, 2.45) is 0 Å². The van der Waals surface area contributed by atoms with Crippen molar-refractivity contribution in [1.82, 2.24) is 20.5 Å². The highest BCUT2D eigenvalue weighted by atomic mass is 16.5. The molecule has 2 fully saturated rings. The molecule has 0 spiro atoms. The minimum Gasteiger partial charge on any atom is -0.475 e. The van der Waals surface area contributed by atoms with E-state index >= 15 is 0 Å². The van der Waals surface area contributed by atoms with Gasteiger partial charge in [-0.15, -0.1) is 0 Å². The van der Waals surface area contributed by atoms with Gasteiger partial charge in [0.1, 0.15) is 12.0 Å². The molecule has 6 heteroatoms. The van der Waals surface area contributed by atoms with Gasteiger partial charge < -0.3 is 15.0 Å². The first-order valence-electron chi connectivity index (χ1n) is 12.6. The Hall–Kier alpha value is -2.96. The summed E-state index contributed by atoms with van der Waals surface area (Å²) in [4.78, 5) is 20.1. The van der Waals surface area contributed by atoms with Gasteiger partial charge in [0, 0.05) is 36.6 Å². The fourth-order valence-electron chi connectivity index (χ4n) is 4.95. The monoisotopic (exact) mass is 458 g/mol. The van der Waals surface area contributed by atoms with E-state index in [0.29, 0.717) is 6.04 Å². The lowest BCUT2D eigenvalue weighted by Crippen LogP contribution is -2.49. The van der Waals surface area contributed by atoms with Gasteiger partial charge in [-0.3, -0.25) is 10.1 Å². The number of piperidine rings is 1. The largest absolute Gasteiger partial charge is 0.475 e. The van der Waals surface area contributed by atoms with Crippen molar-refractivity contribution in [2.45, 2.75) is 51.3 Å². The lowest BCUT2D eigenvalue weighted by atomic mass is 10.0. The van der Waals surface area contributed by atoms with E-state index in [1.165, 1.54) is 12.8 Å². The zero-order valence-electron chi connectivity index (χ0n) is 19.9. The quantitative estimate of drug-likeness (QED) is 0.507. The van der Waals surface area contributed by atoms with Crippen LogP contribution >= 0.6 is 0 Å². The summed E-state index contributed by atoms with van der Waals surface area (Å²) in [5, 5.41) is 7.99. The Morgan fingerprint density at radius 3 is 2.68 bits per heavy atom. The van der Waals surface area contributed by atoms with E-state index in [1.807, 2.05) is 59.5 Å². The van der Waals surface area contributed by atoms with Gasteiger partial charge in [-0.05, 0) is 75.0 Å². The van der Waals surface area contributed by atoms with Crippen molar-refractivity contribution >= 4 is 16.8 Å². The van der Waals surface area contributed by atoms with Crippen LogP contribution in [0.1, 0.15) is 49.4 Å². The third kappa shape index (κ3) is 5.08. The molecule has 0 aliphatic carbocycles. The van der Waals surface area contributed by atoms with E-state index in [-0.39, 0.29) is 12.1 Å². The Morgan fingerprint density at radius 2 is 1.94 bits per heavy atom. The summed E-state index contributed by atoms with van der Waals surface area (Å²) in [6.45, 7) is 5.90. The summed E-state index contributed by atoms with van der Waals surface area (Å²) < 4.78 is 6.24. The van der Waals surface area contributed by atoms with Crippen LogP contribution in [-0.4, -0.2) is 54.2 Å². The van der Waals surface area contributed by atoms with Crippen molar-refractivity contribution in [3.05, 3.63) is 60.2 Å². The third-order valence-electron chi connectivity index (χ3n) is 6.86. The van der Waals surface area contributed by atoms with Gasteiger partial charge >= 0.3 is 0 Å². The average Bonchev–Trinajstić information content (AvgIpc) is 3.43. The number of ether oxygens (including phenoxy) is 1. The minimum atomic E-state index is -0.0146. The van der Waals surface area contributed by atoms with Gasteiger partial charge in [0.25, 0.3) is 5.91 Å². The maximum absolute atomic E-state index is 13.3. The smallest absolute Gasteiger partial charge is 0.254 e. The standard InChI is InChI=1S/C28H34N4O2/c1-2-27(30-21-8-7-15-29-19-21)34-22-13-11-20(12-14-22)26-18-24(28(33)32-16-5-6-17-32)23-9-3-4-10-25(23)31-26/h3-4,9-14,18,21,27,29-30H,2,5-8,15-17,19H2,1H3. The topological polar surface area (TPSA) is 66.5 Å². The van der Waals surface area contributed by atoms with E-state index in [1.54, 1.807) is 0 Å². The van der Waals surface area contributed by atoms with Gasteiger partial charge in [0.05, 0.1) is 16.8 Å². The number of rotatable bonds is 7. The molecule has 2 N–H and O–H groups in total. The molecule has 2 aliphatic heterocycles. The maximum Gasteiger partial charge on any atom is 0.254 e. The summed E-state index contributed by atoms with van der Waals surface area (Å²) in [6, 6.07) is 18.4. The number of benzene rings is 2. The van der Waals surface area contributed by atoms with E-state index in [4.69, 9.17) is 9.72 Å². The molecule has 34 heavy (non-hydrogen) atoms. The maximum atomic E-state index is 13.3. The number of fused-ring (bicyclic) bond motifs is 1. The lowest BCUT2D eigenvalue weighted by molar-refractivity contribution is 0.0794. The van der Waals surface area contributed by atoms with Crippen LogP contribution in [0.4, 0.5) is 0 Å². The van der Waals surface area contributed by atoms with Crippen LogP contribution in [0.15, 0.2) is 54.6 Å². The number of para-hydroxylation sites is 1. The van der Waals surface area contributed by atoms with Gasteiger partial charge in [0.2, 0.25) is 0 Å². The van der Waals surface area contributed by atoms with E-state index in [2.05, 4.69) is 17.6 Å². The fraction of sp³-hybridized carbons (Fsp3) is 0.429. The number of pyridine rings is 1. The molecule has 2 saturated heterocycles. The predicted molar refractivity (Wildman–Crippen MR) is 136 cm³/mol. The van der Waals surface area contributed by atoms with Crippen LogP contribution in [0.5, 0.6) is 5.75 Å². The van der Waals surface area contributed by atoms with E-state index < -0.39 is 0 Å². The molecule has 1 amide bonds. The Morgan fingerprint density at radius 1 is 1.15 bits per heavy atom. The number of carbonyl (C=O) groups excluding carboxylic acids is 1. The van der Waals surface area contributed by atoms with Crippen molar-refractivity contribution in [1.29, 1.82) is 0 Å². The van der Waals surface area contributed by atoms with Crippen LogP contribution in [0.3, 0.4) is 0 Å². The summed E-state index contributed by atoms with van der Waals surface area (Å²) in [5.74, 6) is 0.937. The van der Waals surface area contributed by atoms with Gasteiger partial charge in [0.15, 0.2) is 0 Å². The first-order valence-corrected chi connectivity index (χ1v) is 12.6. The summed E-state index contributed by atoms with van der Waals surface area (Å²) >= 11 is 0. The molecular formula is C28H34N4O2. The number of aromatic nitrogens is 1. The number of carbonyl (C=O) groups is 1. The second-order valence-electron chi connectivity index (χ2n) is 9.32. The highest BCUT2D eigenvalue weighted by Gasteiger charge is 2.23. The number of nitrogens with one attached hydrogen (secondary N) is 2. The zero-order chi connectivity index (χ0) is 23.3. The van der Waals surface area contributed by atoms with Gasteiger partial charge in [-0.25, -0.2) is 4.98 Å². The van der Waals surface area contributed by atoms with E-state index in [0.717, 1.165) is 78.9 Å². The SMILES string of the molecule is CCC(NC1CCCNC1)Oc1ccc(-c2cc(C(=O)N3CCCC3)c3ccccc3n2)cc1. The highest BCUT2D eigenvalue weighted by molar-refractivity contribution is 6.07. The molecule has 3 aromatic rings. The predicted octanol–water partition coefficient (Wildman–Crippen LogP) is 4.59. The molecule has 2 aliphatic rings. The van der Waals surface area contributed by atoms with Crippen LogP contribution < -0.4 is 15.4 Å². The molecule has 0 bridgehead atoms. The van der Waals surface area contributed by atoms with Crippen molar-refractivity contribution in [3.63, 3.8) is 0 Å². The molecule has 0 radical (unpaired) electrons. The first-order chi connectivity index (χ1) is 16.7. The normalized spacial score (nSPS) is 19.3. The molecule has 178 valence electrons. The van der Waals surface area contributed by atoms with Crippen molar-refractivity contribution in [2.75, 3.05) is 26.2 Å². The summed E-state index contributed by atoms with van der Waals surface area (Å²) in [7, 11) is 0. The lowest BCUT2D eigenvalue weighted by Gasteiger charge is -2.29. The first kappa shape index (κ1) is 22.8. The van der Waals surface area contributed by atoms with Crippen LogP contribution in [0.2, 0.25) is 0 Å². The molecule has 6 nitrogen and oxygen atoms in total. The second kappa shape index (κ2) is 10.5. The van der Waals surface area contributed by atoms with Crippen LogP contribution in [0, 0.1) is 0 Å². The Balaban J connectivity index is 1.36. The van der Waals surface area contributed by atoms with Gasteiger partial charge in [-0.2, -0.15) is 0 Å².